The third kappa shape index (κ3) is 5.36. The Labute approximate surface area is 194 Å². The van der Waals surface area contributed by atoms with Gasteiger partial charge >= 0.3 is 5.97 Å². The average Bonchev–Trinajstić information content (AvgIpc) is 3.39. The minimum atomic E-state index is -0.427. The number of anilines is 1. The van der Waals surface area contributed by atoms with E-state index < -0.39 is 5.97 Å². The zero-order valence-corrected chi connectivity index (χ0v) is 20.7. The maximum Gasteiger partial charge on any atom is 0.341 e. The lowest BCUT2D eigenvalue weighted by Gasteiger charge is -2.09. The number of thioether (sulfide) groups is 1. The molecule has 0 aliphatic carbocycles. The van der Waals surface area contributed by atoms with Crippen LogP contribution < -0.4 is 5.32 Å². The Hall–Kier alpha value is -2.17. The lowest BCUT2D eigenvalue weighted by atomic mass is 10.1. The molecule has 0 fully saturated rings. The molecule has 10 heteroatoms. The molecule has 7 nitrogen and oxygen atoms in total. The number of carbonyl (C=O) groups excluding carboxylic acids is 2. The van der Waals surface area contributed by atoms with E-state index >= 15 is 0 Å². The maximum absolute atomic E-state index is 12.6. The maximum atomic E-state index is 12.6. The van der Waals surface area contributed by atoms with E-state index in [0.29, 0.717) is 15.7 Å². The number of nitrogens with zero attached hydrogens (tertiary/aromatic N) is 3. The topological polar surface area (TPSA) is 86.1 Å². The van der Waals surface area contributed by atoms with Gasteiger partial charge in [0.15, 0.2) is 11.0 Å². The van der Waals surface area contributed by atoms with Crippen LogP contribution >= 0.6 is 34.4 Å². The Kier molecular flexibility index (Phi) is 7.90. The van der Waals surface area contributed by atoms with Gasteiger partial charge < -0.3 is 14.6 Å². The molecular weight excluding hydrogens is 452 g/mol. The van der Waals surface area contributed by atoms with Gasteiger partial charge in [0.25, 0.3) is 0 Å². The molecule has 0 aliphatic rings. The fourth-order valence-electron chi connectivity index (χ4n) is 3.01. The van der Waals surface area contributed by atoms with Crippen LogP contribution in [0.25, 0.3) is 11.4 Å². The average molecular weight is 479 g/mol. The summed E-state index contributed by atoms with van der Waals surface area (Å²) in [5.74, 6) is 0.379. The summed E-state index contributed by atoms with van der Waals surface area (Å²) in [5.41, 5.74) is 2.69. The van der Waals surface area contributed by atoms with Crippen molar-refractivity contribution < 1.29 is 14.3 Å². The molecular formula is C21H26N4O3S3. The van der Waals surface area contributed by atoms with Crippen LogP contribution in [0.1, 0.15) is 45.9 Å². The van der Waals surface area contributed by atoms with Crippen molar-refractivity contribution in [3.8, 4) is 11.4 Å². The fraction of sp³-hybridized carbons (Fsp3) is 0.429. The molecule has 0 aromatic carbocycles. The summed E-state index contributed by atoms with van der Waals surface area (Å²) in [6, 6.07) is 1.74. The summed E-state index contributed by atoms with van der Waals surface area (Å²) in [5, 5.41) is 14.9. The second kappa shape index (κ2) is 10.4. The SMILES string of the molecule is CCCn1c(SCC(=O)Nc2sc(C)cc2C(=O)OCC)nnc1-c1csc(C)c1C. The first kappa shape index (κ1) is 23.5. The highest BCUT2D eigenvalue weighted by molar-refractivity contribution is 7.99. The molecule has 0 spiro atoms. The minimum Gasteiger partial charge on any atom is -0.462 e. The van der Waals surface area contributed by atoms with Gasteiger partial charge in [-0.05, 0) is 45.7 Å². The van der Waals surface area contributed by atoms with Gasteiger partial charge in [-0.15, -0.1) is 32.9 Å². The Balaban J connectivity index is 1.73. The number of carbonyl (C=O) groups is 2. The second-order valence-electron chi connectivity index (χ2n) is 6.95. The van der Waals surface area contributed by atoms with Crippen LogP contribution in [0.15, 0.2) is 16.6 Å². The van der Waals surface area contributed by atoms with Crippen LogP contribution in [0.5, 0.6) is 0 Å². The van der Waals surface area contributed by atoms with Gasteiger partial charge in [0.05, 0.1) is 17.9 Å². The molecule has 3 rings (SSSR count). The van der Waals surface area contributed by atoms with E-state index in [1.165, 1.54) is 33.5 Å². The molecule has 0 bridgehead atoms. The summed E-state index contributed by atoms with van der Waals surface area (Å²) in [4.78, 5) is 26.9. The summed E-state index contributed by atoms with van der Waals surface area (Å²) >= 11 is 4.41. The zero-order valence-electron chi connectivity index (χ0n) is 18.3. The summed E-state index contributed by atoms with van der Waals surface area (Å²) < 4.78 is 7.16. The highest BCUT2D eigenvalue weighted by Gasteiger charge is 2.20. The highest BCUT2D eigenvalue weighted by Crippen LogP contribution is 2.32. The Bertz CT molecular complexity index is 1080. The second-order valence-corrected chi connectivity index (χ2v) is 10.2. The molecule has 1 N–H and O–H groups in total. The number of aryl methyl sites for hydroxylation is 2. The molecule has 0 saturated carbocycles. The normalized spacial score (nSPS) is 11.0. The third-order valence-electron chi connectivity index (χ3n) is 4.63. The lowest BCUT2D eigenvalue weighted by molar-refractivity contribution is -0.113. The van der Waals surface area contributed by atoms with Crippen LogP contribution in [-0.2, 0) is 16.1 Å². The van der Waals surface area contributed by atoms with Crippen molar-refractivity contribution in [3.63, 3.8) is 0 Å². The number of rotatable bonds is 9. The summed E-state index contributed by atoms with van der Waals surface area (Å²) in [6.45, 7) is 11.0. The molecule has 3 aromatic heterocycles. The van der Waals surface area contributed by atoms with Crippen molar-refractivity contribution in [1.29, 1.82) is 0 Å². The fourth-order valence-corrected chi connectivity index (χ4v) is 5.56. The Morgan fingerprint density at radius 1 is 1.23 bits per heavy atom. The molecule has 0 atom stereocenters. The Morgan fingerprint density at radius 2 is 2.00 bits per heavy atom. The van der Waals surface area contributed by atoms with E-state index in [4.69, 9.17) is 4.74 Å². The van der Waals surface area contributed by atoms with Crippen molar-refractivity contribution in [2.45, 2.75) is 52.7 Å². The first-order valence-corrected chi connectivity index (χ1v) is 12.7. The largest absolute Gasteiger partial charge is 0.462 e. The van der Waals surface area contributed by atoms with E-state index in [9.17, 15) is 9.59 Å². The molecule has 3 aromatic rings. The van der Waals surface area contributed by atoms with Gasteiger partial charge in [-0.25, -0.2) is 4.79 Å². The molecule has 3 heterocycles. The van der Waals surface area contributed by atoms with Crippen molar-refractivity contribution in [2.75, 3.05) is 17.7 Å². The van der Waals surface area contributed by atoms with E-state index in [0.717, 1.165) is 29.2 Å². The third-order valence-corrected chi connectivity index (χ3v) is 7.57. The van der Waals surface area contributed by atoms with Crippen molar-refractivity contribution >= 4 is 51.3 Å². The van der Waals surface area contributed by atoms with Gasteiger partial charge in [0.2, 0.25) is 5.91 Å². The van der Waals surface area contributed by atoms with Crippen LogP contribution in [0, 0.1) is 20.8 Å². The van der Waals surface area contributed by atoms with Gasteiger partial charge in [-0.2, -0.15) is 0 Å². The summed E-state index contributed by atoms with van der Waals surface area (Å²) in [6.07, 6.45) is 0.935. The number of aromatic nitrogens is 3. The number of hydrogen-bond acceptors (Lipinski definition) is 8. The predicted molar refractivity (Wildman–Crippen MR) is 127 cm³/mol. The van der Waals surface area contributed by atoms with Gasteiger partial charge in [0, 0.05) is 27.2 Å². The summed E-state index contributed by atoms with van der Waals surface area (Å²) in [7, 11) is 0. The molecule has 0 aliphatic heterocycles. The van der Waals surface area contributed by atoms with Crippen molar-refractivity contribution in [2.24, 2.45) is 0 Å². The lowest BCUT2D eigenvalue weighted by Crippen LogP contribution is -2.16. The minimum absolute atomic E-state index is 0.169. The molecule has 0 unspecified atom stereocenters. The van der Waals surface area contributed by atoms with E-state index in [-0.39, 0.29) is 18.3 Å². The van der Waals surface area contributed by atoms with Crippen molar-refractivity contribution in [1.82, 2.24) is 14.8 Å². The number of thiophene rings is 2. The van der Waals surface area contributed by atoms with Crippen molar-refractivity contribution in [3.05, 3.63) is 32.3 Å². The first-order chi connectivity index (χ1) is 14.8. The number of nitrogens with one attached hydrogen (secondary N) is 1. The predicted octanol–water partition coefficient (Wildman–Crippen LogP) is 5.31. The van der Waals surface area contributed by atoms with Crippen LogP contribution in [-0.4, -0.2) is 39.0 Å². The van der Waals surface area contributed by atoms with E-state index in [1.54, 1.807) is 24.3 Å². The monoisotopic (exact) mass is 478 g/mol. The molecule has 0 radical (unpaired) electrons. The number of amides is 1. The van der Waals surface area contributed by atoms with Crippen LogP contribution in [0.3, 0.4) is 0 Å². The number of esters is 1. The van der Waals surface area contributed by atoms with E-state index in [2.05, 4.69) is 46.2 Å². The van der Waals surface area contributed by atoms with Crippen LogP contribution in [0.4, 0.5) is 5.00 Å². The van der Waals surface area contributed by atoms with Crippen LogP contribution in [0.2, 0.25) is 0 Å². The standard InChI is InChI=1S/C21H26N4O3S3/c1-6-8-25-18(16-10-29-14(5)13(16)4)23-24-21(25)30-11-17(26)22-19-15(9-12(3)31-19)20(27)28-7-2/h9-10H,6-8,11H2,1-5H3,(H,22,26). The smallest absolute Gasteiger partial charge is 0.341 e. The molecule has 31 heavy (non-hydrogen) atoms. The highest BCUT2D eigenvalue weighted by atomic mass is 32.2. The molecule has 0 saturated heterocycles. The zero-order chi connectivity index (χ0) is 22.5. The molecule has 166 valence electrons. The van der Waals surface area contributed by atoms with Gasteiger partial charge in [-0.3, -0.25) is 4.79 Å². The van der Waals surface area contributed by atoms with E-state index in [1.807, 2.05) is 6.92 Å². The number of hydrogen-bond donors (Lipinski definition) is 1. The van der Waals surface area contributed by atoms with Gasteiger partial charge in [0.1, 0.15) is 5.00 Å². The Morgan fingerprint density at radius 3 is 2.65 bits per heavy atom. The molecule has 1 amide bonds. The van der Waals surface area contributed by atoms with Gasteiger partial charge in [-0.1, -0.05) is 18.7 Å². The number of ether oxygens (including phenoxy) is 1. The quantitative estimate of drug-likeness (QED) is 0.331. The first-order valence-electron chi connectivity index (χ1n) is 10.0.